The molecule has 0 saturated carbocycles. The van der Waals surface area contributed by atoms with Crippen LogP contribution in [0.5, 0.6) is 0 Å². The van der Waals surface area contributed by atoms with Crippen LogP contribution in [-0.4, -0.2) is 27.9 Å². The number of hydrogen-bond acceptors (Lipinski definition) is 4. The van der Waals surface area contributed by atoms with Crippen molar-refractivity contribution in [2.24, 2.45) is 0 Å². The second kappa shape index (κ2) is 2.66. The summed E-state index contributed by atoms with van der Waals surface area (Å²) < 4.78 is 4.02. The second-order valence-electron chi connectivity index (χ2n) is 1.88. The average molecular weight is 148 g/mol. The molecule has 58 valence electrons. The van der Waals surface area contributed by atoms with Crippen LogP contribution in [0.4, 0.5) is 0 Å². The van der Waals surface area contributed by atoms with Crippen molar-refractivity contribution in [2.75, 3.05) is 0 Å². The first-order valence-electron chi connectivity index (χ1n) is 2.51. The monoisotopic (exact) mass is 148 g/mol. The van der Waals surface area contributed by atoms with Gasteiger partial charge in [0.15, 0.2) is 0 Å². The summed E-state index contributed by atoms with van der Waals surface area (Å²) in [4.78, 5) is 20.1. The molecule has 0 aliphatic carbocycles. The van der Waals surface area contributed by atoms with E-state index in [1.54, 1.807) is 0 Å². The third-order valence-electron chi connectivity index (χ3n) is 0.739. The smallest absolute Gasteiger partial charge is 0.376 e. The summed E-state index contributed by atoms with van der Waals surface area (Å²) in [5.74, 6) is -4.85. The first-order valence-corrected chi connectivity index (χ1v) is 2.51. The van der Waals surface area contributed by atoms with Gasteiger partial charge in [0, 0.05) is 13.8 Å². The highest BCUT2D eigenvalue weighted by molar-refractivity contribution is 5.78. The molecule has 1 unspecified atom stereocenters. The van der Waals surface area contributed by atoms with E-state index in [-0.39, 0.29) is 0 Å². The Bertz CT molecular complexity index is 159. The number of carboxylic acid groups (broad SMARTS) is 1. The van der Waals surface area contributed by atoms with Gasteiger partial charge in [-0.25, -0.2) is 4.79 Å². The van der Waals surface area contributed by atoms with Crippen LogP contribution < -0.4 is 0 Å². The molecular weight excluding hydrogens is 140 g/mol. The quantitative estimate of drug-likeness (QED) is 0.401. The van der Waals surface area contributed by atoms with Crippen LogP contribution >= 0.6 is 0 Å². The van der Waals surface area contributed by atoms with Crippen molar-refractivity contribution >= 4 is 11.9 Å². The van der Waals surface area contributed by atoms with E-state index in [0.29, 0.717) is 0 Å². The predicted molar refractivity (Wildman–Crippen MR) is 30.0 cm³/mol. The molecule has 5 nitrogen and oxygen atoms in total. The Hall–Kier alpha value is -1.10. The molecule has 0 fully saturated rings. The van der Waals surface area contributed by atoms with Gasteiger partial charge in [0.2, 0.25) is 0 Å². The van der Waals surface area contributed by atoms with Crippen molar-refractivity contribution in [1.82, 2.24) is 0 Å². The molecule has 0 spiro atoms. The zero-order chi connectivity index (χ0) is 8.36. The maximum absolute atomic E-state index is 10.1. The summed E-state index contributed by atoms with van der Waals surface area (Å²) in [7, 11) is 0. The minimum absolute atomic E-state index is 0.840. The van der Waals surface area contributed by atoms with Crippen molar-refractivity contribution in [3.63, 3.8) is 0 Å². The Balaban J connectivity index is 4.13. The highest BCUT2D eigenvalue weighted by Gasteiger charge is 2.33. The lowest BCUT2D eigenvalue weighted by molar-refractivity contribution is -0.216. The van der Waals surface area contributed by atoms with Crippen LogP contribution in [0.1, 0.15) is 13.8 Å². The lowest BCUT2D eigenvalue weighted by atomic mass is 10.3. The fraction of sp³-hybridized carbons (Fsp3) is 0.600. The van der Waals surface area contributed by atoms with Crippen molar-refractivity contribution < 1.29 is 24.5 Å². The van der Waals surface area contributed by atoms with Crippen LogP contribution in [-0.2, 0) is 14.3 Å². The molecule has 0 rings (SSSR count). The number of carboxylic acids is 1. The van der Waals surface area contributed by atoms with Crippen LogP contribution in [0.3, 0.4) is 0 Å². The lowest BCUT2D eigenvalue weighted by Crippen LogP contribution is -2.39. The minimum Gasteiger partial charge on any atom is -0.476 e. The molecular formula is C5H8O5. The van der Waals surface area contributed by atoms with Crippen molar-refractivity contribution in [3.8, 4) is 0 Å². The largest absolute Gasteiger partial charge is 0.476 e. The minimum atomic E-state index is -2.41. The number of rotatable bonds is 2. The fourth-order valence-electron chi connectivity index (χ4n) is 0.324. The Labute approximate surface area is 57.2 Å². The third kappa shape index (κ3) is 2.45. The molecule has 0 aliphatic heterocycles. The molecule has 1 atom stereocenters. The summed E-state index contributed by atoms with van der Waals surface area (Å²) in [6, 6.07) is 0. The molecule has 0 radical (unpaired) electrons. The van der Waals surface area contributed by atoms with E-state index in [4.69, 9.17) is 10.2 Å². The molecule has 0 heterocycles. The topological polar surface area (TPSA) is 83.8 Å². The van der Waals surface area contributed by atoms with E-state index in [0.717, 1.165) is 13.8 Å². The molecule has 0 aromatic heterocycles. The van der Waals surface area contributed by atoms with E-state index in [1.807, 2.05) is 0 Å². The number of esters is 1. The van der Waals surface area contributed by atoms with Crippen LogP contribution in [0.15, 0.2) is 0 Å². The second-order valence-corrected chi connectivity index (χ2v) is 1.88. The van der Waals surface area contributed by atoms with Crippen molar-refractivity contribution in [1.29, 1.82) is 0 Å². The van der Waals surface area contributed by atoms with Crippen molar-refractivity contribution in [2.45, 2.75) is 19.6 Å². The van der Waals surface area contributed by atoms with Gasteiger partial charge in [0.25, 0.3) is 0 Å². The molecule has 10 heavy (non-hydrogen) atoms. The van der Waals surface area contributed by atoms with Gasteiger partial charge in [-0.2, -0.15) is 0 Å². The number of ether oxygens (including phenoxy) is 1. The predicted octanol–water partition coefficient (Wildman–Crippen LogP) is -0.657. The van der Waals surface area contributed by atoms with E-state index in [9.17, 15) is 9.59 Å². The summed E-state index contributed by atoms with van der Waals surface area (Å²) in [5.41, 5.74) is 0. The van der Waals surface area contributed by atoms with Crippen LogP contribution in [0, 0.1) is 0 Å². The molecule has 0 amide bonds. The van der Waals surface area contributed by atoms with Crippen LogP contribution in [0.2, 0.25) is 0 Å². The SMILES string of the molecule is CC(=O)OC(C)(O)C(=O)O. The molecule has 2 N–H and O–H groups in total. The first-order chi connectivity index (χ1) is 4.36. The van der Waals surface area contributed by atoms with Gasteiger partial charge in [-0.05, 0) is 0 Å². The Morgan fingerprint density at radius 3 is 2.00 bits per heavy atom. The van der Waals surface area contributed by atoms with Gasteiger partial charge in [0.05, 0.1) is 0 Å². The van der Waals surface area contributed by atoms with Gasteiger partial charge in [-0.1, -0.05) is 0 Å². The summed E-state index contributed by atoms with van der Waals surface area (Å²) in [6.07, 6.45) is 0. The number of aliphatic carboxylic acids is 1. The van der Waals surface area contributed by atoms with E-state index >= 15 is 0 Å². The van der Waals surface area contributed by atoms with Gasteiger partial charge in [-0.3, -0.25) is 4.79 Å². The Morgan fingerprint density at radius 2 is 1.90 bits per heavy atom. The summed E-state index contributed by atoms with van der Waals surface area (Å²) in [6.45, 7) is 1.88. The maximum atomic E-state index is 10.1. The van der Waals surface area contributed by atoms with Gasteiger partial charge in [-0.15, -0.1) is 0 Å². The lowest BCUT2D eigenvalue weighted by Gasteiger charge is -2.16. The first kappa shape index (κ1) is 8.90. The fourth-order valence-corrected chi connectivity index (χ4v) is 0.324. The summed E-state index contributed by atoms with van der Waals surface area (Å²) in [5, 5.41) is 16.9. The summed E-state index contributed by atoms with van der Waals surface area (Å²) >= 11 is 0. The van der Waals surface area contributed by atoms with Gasteiger partial charge < -0.3 is 14.9 Å². The molecule has 0 bridgehead atoms. The Morgan fingerprint density at radius 1 is 1.50 bits per heavy atom. The van der Waals surface area contributed by atoms with Gasteiger partial charge >= 0.3 is 17.7 Å². The maximum Gasteiger partial charge on any atom is 0.376 e. The zero-order valence-electron chi connectivity index (χ0n) is 5.62. The molecule has 0 aromatic carbocycles. The van der Waals surface area contributed by atoms with E-state index in [1.165, 1.54) is 0 Å². The molecule has 0 saturated heterocycles. The number of carbonyl (C=O) groups is 2. The van der Waals surface area contributed by atoms with Crippen LogP contribution in [0.25, 0.3) is 0 Å². The normalized spacial score (nSPS) is 15.5. The standard InChI is InChI=1S/C5H8O5/c1-3(6)10-5(2,9)4(7)8/h9H,1-2H3,(H,7,8). The molecule has 0 aliphatic rings. The highest BCUT2D eigenvalue weighted by atomic mass is 16.7. The molecule has 5 heteroatoms. The molecule has 0 aromatic rings. The number of aliphatic hydroxyl groups is 1. The average Bonchev–Trinajstić information content (AvgIpc) is 1.60. The third-order valence-corrected chi connectivity index (χ3v) is 0.739. The van der Waals surface area contributed by atoms with E-state index in [2.05, 4.69) is 4.74 Å². The highest BCUT2D eigenvalue weighted by Crippen LogP contribution is 2.04. The van der Waals surface area contributed by atoms with E-state index < -0.39 is 17.7 Å². The Kier molecular flexibility index (Phi) is 2.36. The van der Waals surface area contributed by atoms with Crippen molar-refractivity contribution in [3.05, 3.63) is 0 Å². The zero-order valence-corrected chi connectivity index (χ0v) is 5.62. The number of hydrogen-bond donors (Lipinski definition) is 2. The number of carbonyl (C=O) groups excluding carboxylic acids is 1. The van der Waals surface area contributed by atoms with Gasteiger partial charge in [0.1, 0.15) is 0 Å².